The van der Waals surface area contributed by atoms with Gasteiger partial charge in [-0.05, 0) is 5.56 Å². The maximum absolute atomic E-state index is 12.3. The molecule has 0 aliphatic heterocycles. The van der Waals surface area contributed by atoms with Crippen LogP contribution in [0.3, 0.4) is 0 Å². The van der Waals surface area contributed by atoms with Gasteiger partial charge in [0.15, 0.2) is 9.84 Å². The lowest BCUT2D eigenvalue weighted by molar-refractivity contribution is -0.142. The van der Waals surface area contributed by atoms with Crippen molar-refractivity contribution in [3.05, 3.63) is 35.9 Å². The fourth-order valence-electron chi connectivity index (χ4n) is 2.17. The quantitative estimate of drug-likeness (QED) is 0.626. The van der Waals surface area contributed by atoms with Gasteiger partial charge in [0.1, 0.15) is 6.04 Å². The molecule has 146 valence electrons. The van der Waals surface area contributed by atoms with Gasteiger partial charge in [-0.2, -0.15) is 0 Å². The molecule has 0 bridgehead atoms. The maximum Gasteiger partial charge on any atom is 0.327 e. The minimum absolute atomic E-state index is 0.123. The summed E-state index contributed by atoms with van der Waals surface area (Å²) in [5, 5.41) is 11.3. The largest absolute Gasteiger partial charge is 0.480 e. The highest BCUT2D eigenvalue weighted by Gasteiger charge is 2.28. The van der Waals surface area contributed by atoms with E-state index in [1.165, 1.54) is 0 Å². The summed E-state index contributed by atoms with van der Waals surface area (Å²) in [6.45, 7) is 4.00. The molecular weight excluding hydrogens is 366 g/mol. The number of rotatable bonds is 9. The highest BCUT2D eigenvalue weighted by molar-refractivity contribution is 7.90. The Balaban J connectivity index is 0.00000326. The molecule has 27 heavy (non-hydrogen) atoms. The summed E-state index contributed by atoms with van der Waals surface area (Å²) in [5.74, 6) is 0.634. The molecule has 0 aliphatic rings. The van der Waals surface area contributed by atoms with E-state index < -0.39 is 39.4 Å². The number of carbonyl (C=O) groups is 2. The molecule has 0 fully saturated rings. The molecule has 0 radical (unpaired) electrons. The van der Waals surface area contributed by atoms with Gasteiger partial charge in [0.25, 0.3) is 0 Å². The first-order valence-electron chi connectivity index (χ1n) is 8.43. The molecule has 1 amide bonds. The van der Waals surface area contributed by atoms with Crippen molar-refractivity contribution in [1.29, 1.82) is 0 Å². The molecule has 0 saturated heterocycles. The van der Waals surface area contributed by atoms with E-state index in [9.17, 15) is 18.0 Å². The monoisotopic (exact) mass is 391 g/mol. The van der Waals surface area contributed by atoms with Crippen molar-refractivity contribution in [3.8, 4) is 24.7 Å². The molecule has 0 unspecified atom stereocenters. The van der Waals surface area contributed by atoms with Crippen LogP contribution >= 0.6 is 0 Å². The van der Waals surface area contributed by atoms with E-state index in [0.717, 1.165) is 0 Å². The van der Waals surface area contributed by atoms with E-state index in [1.807, 2.05) is 13.8 Å². The Morgan fingerprint density at radius 2 is 1.67 bits per heavy atom. The van der Waals surface area contributed by atoms with Crippen LogP contribution in [0.25, 0.3) is 0 Å². The second-order valence-corrected chi connectivity index (χ2v) is 7.56. The SMILES string of the molecule is C#CC[C@@H](CS(=O)(=O)Cc1ccccc1)C(=O)N[C@@H](CC#C)C(=O)O.CC. The first-order valence-corrected chi connectivity index (χ1v) is 10.3. The highest BCUT2D eigenvalue weighted by atomic mass is 32.2. The van der Waals surface area contributed by atoms with Gasteiger partial charge in [-0.1, -0.05) is 44.2 Å². The van der Waals surface area contributed by atoms with Crippen LogP contribution in [0.15, 0.2) is 30.3 Å². The number of hydrogen-bond acceptors (Lipinski definition) is 4. The van der Waals surface area contributed by atoms with Crippen LogP contribution in [0.4, 0.5) is 0 Å². The minimum atomic E-state index is -3.61. The number of nitrogens with one attached hydrogen (secondary N) is 1. The zero-order chi connectivity index (χ0) is 20.9. The number of carboxylic acids is 1. The molecule has 2 atom stereocenters. The second kappa shape index (κ2) is 12.6. The highest BCUT2D eigenvalue weighted by Crippen LogP contribution is 2.13. The molecule has 1 aromatic carbocycles. The van der Waals surface area contributed by atoms with Crippen LogP contribution in [0.1, 0.15) is 32.3 Å². The van der Waals surface area contributed by atoms with Crippen molar-refractivity contribution in [2.24, 2.45) is 5.92 Å². The first kappa shape index (κ1) is 24.2. The molecule has 6 nitrogen and oxygen atoms in total. The van der Waals surface area contributed by atoms with E-state index in [2.05, 4.69) is 17.2 Å². The average Bonchev–Trinajstić information content (AvgIpc) is 2.62. The Kier molecular flexibility index (Phi) is 11.3. The molecule has 0 heterocycles. The Morgan fingerprint density at radius 1 is 1.11 bits per heavy atom. The van der Waals surface area contributed by atoms with Crippen molar-refractivity contribution in [1.82, 2.24) is 5.32 Å². The van der Waals surface area contributed by atoms with Gasteiger partial charge in [-0.15, -0.1) is 24.7 Å². The minimum Gasteiger partial charge on any atom is -0.480 e. The van der Waals surface area contributed by atoms with Crippen molar-refractivity contribution in [3.63, 3.8) is 0 Å². The van der Waals surface area contributed by atoms with Crippen molar-refractivity contribution in [2.75, 3.05) is 5.75 Å². The number of hydrogen-bond donors (Lipinski definition) is 2. The molecule has 7 heteroatoms. The predicted octanol–water partition coefficient (Wildman–Crippen LogP) is 1.86. The fourth-order valence-corrected chi connectivity index (χ4v) is 3.87. The number of aliphatic carboxylic acids is 1. The standard InChI is InChI=1S/C18H19NO5S.C2H6/c1-3-8-15(17(20)19-16(9-4-2)18(21)22)13-25(23,24)12-14-10-6-5-7-11-14;1-2/h1-2,5-7,10-11,15-16H,8-9,12-13H2,(H,19,20)(H,21,22);1-2H3/t15-,16-;/m0./s1. The third-order valence-corrected chi connectivity index (χ3v) is 5.04. The number of carbonyl (C=O) groups excluding carboxylic acids is 1. The summed E-state index contributed by atoms with van der Waals surface area (Å²) in [6, 6.07) is 7.25. The molecule has 0 saturated carbocycles. The molecular formula is C20H25NO5S. The lowest BCUT2D eigenvalue weighted by atomic mass is 10.1. The van der Waals surface area contributed by atoms with Crippen LogP contribution in [-0.2, 0) is 25.2 Å². The third-order valence-electron chi connectivity index (χ3n) is 3.36. The molecule has 0 spiro atoms. The molecule has 0 aliphatic carbocycles. The molecule has 0 aromatic heterocycles. The number of benzene rings is 1. The van der Waals surface area contributed by atoms with Gasteiger partial charge in [0.2, 0.25) is 5.91 Å². The Labute approximate surface area is 161 Å². The van der Waals surface area contributed by atoms with E-state index in [1.54, 1.807) is 30.3 Å². The van der Waals surface area contributed by atoms with E-state index >= 15 is 0 Å². The molecule has 1 aromatic rings. The first-order chi connectivity index (χ1) is 12.8. The predicted molar refractivity (Wildman–Crippen MR) is 105 cm³/mol. The Hall–Kier alpha value is -2.77. The van der Waals surface area contributed by atoms with Gasteiger partial charge in [-0.25, -0.2) is 13.2 Å². The molecule has 2 N–H and O–H groups in total. The van der Waals surface area contributed by atoms with Crippen molar-refractivity contribution < 1.29 is 23.1 Å². The smallest absolute Gasteiger partial charge is 0.327 e. The summed E-state index contributed by atoms with van der Waals surface area (Å²) in [5.41, 5.74) is 0.595. The summed E-state index contributed by atoms with van der Waals surface area (Å²) in [7, 11) is -3.61. The average molecular weight is 391 g/mol. The summed E-state index contributed by atoms with van der Waals surface area (Å²) in [4.78, 5) is 23.3. The van der Waals surface area contributed by atoms with E-state index in [0.29, 0.717) is 5.56 Å². The van der Waals surface area contributed by atoms with E-state index in [4.69, 9.17) is 18.0 Å². The lowest BCUT2D eigenvalue weighted by Crippen LogP contribution is -2.45. The van der Waals surface area contributed by atoms with Crippen molar-refractivity contribution >= 4 is 21.7 Å². The van der Waals surface area contributed by atoms with Crippen molar-refractivity contribution in [2.45, 2.75) is 38.5 Å². The zero-order valence-corrected chi connectivity index (χ0v) is 16.3. The molecule has 1 rings (SSSR count). The summed E-state index contributed by atoms with van der Waals surface area (Å²) in [6.07, 6.45) is 9.96. The number of sulfone groups is 1. The van der Waals surface area contributed by atoms with Crippen LogP contribution in [-0.4, -0.2) is 37.2 Å². The zero-order valence-electron chi connectivity index (χ0n) is 15.5. The van der Waals surface area contributed by atoms with Gasteiger partial charge in [0, 0.05) is 12.8 Å². The number of carboxylic acid groups (broad SMARTS) is 1. The maximum atomic E-state index is 12.3. The van der Waals surface area contributed by atoms with Gasteiger partial charge in [0.05, 0.1) is 17.4 Å². The van der Waals surface area contributed by atoms with Crippen LogP contribution in [0.2, 0.25) is 0 Å². The number of terminal acetylenes is 2. The fraction of sp³-hybridized carbons (Fsp3) is 0.400. The summed E-state index contributed by atoms with van der Waals surface area (Å²) < 4.78 is 24.7. The number of amides is 1. The van der Waals surface area contributed by atoms with E-state index in [-0.39, 0.29) is 18.6 Å². The Bertz CT molecular complexity index is 788. The van der Waals surface area contributed by atoms with Gasteiger partial charge >= 0.3 is 5.97 Å². The normalized spacial score (nSPS) is 12.3. The summed E-state index contributed by atoms with van der Waals surface area (Å²) >= 11 is 0. The topological polar surface area (TPSA) is 101 Å². The van der Waals surface area contributed by atoms with Gasteiger partial charge < -0.3 is 10.4 Å². The second-order valence-electron chi connectivity index (χ2n) is 5.45. The van der Waals surface area contributed by atoms with Crippen LogP contribution in [0, 0.1) is 30.6 Å². The van der Waals surface area contributed by atoms with Crippen LogP contribution < -0.4 is 5.32 Å². The third kappa shape index (κ3) is 9.48. The Morgan fingerprint density at radius 3 is 2.15 bits per heavy atom. The van der Waals surface area contributed by atoms with Crippen LogP contribution in [0.5, 0.6) is 0 Å². The lowest BCUT2D eigenvalue weighted by Gasteiger charge is -2.18. The van der Waals surface area contributed by atoms with Gasteiger partial charge in [-0.3, -0.25) is 4.79 Å².